The van der Waals surface area contributed by atoms with Crippen molar-refractivity contribution in [2.24, 2.45) is 5.92 Å². The van der Waals surface area contributed by atoms with Gasteiger partial charge >= 0.3 is 0 Å². The van der Waals surface area contributed by atoms with E-state index >= 15 is 0 Å². The molecule has 0 spiro atoms. The zero-order chi connectivity index (χ0) is 19.1. The van der Waals surface area contributed by atoms with Crippen molar-refractivity contribution in [1.82, 2.24) is 9.80 Å². The van der Waals surface area contributed by atoms with Crippen molar-refractivity contribution in [1.29, 1.82) is 0 Å². The molecule has 1 amide bonds. The molecular formula is C24H32N2O. The van der Waals surface area contributed by atoms with Crippen LogP contribution in [0, 0.1) is 5.92 Å². The molecule has 1 fully saturated rings. The topological polar surface area (TPSA) is 23.6 Å². The Hall–Kier alpha value is -2.13. The average molecular weight is 365 g/mol. The molecular weight excluding hydrogens is 332 g/mol. The van der Waals surface area contributed by atoms with Gasteiger partial charge in [-0.2, -0.15) is 0 Å². The summed E-state index contributed by atoms with van der Waals surface area (Å²) in [6.45, 7) is 8.69. The largest absolute Gasteiger partial charge is 0.343 e. The Bertz CT molecular complexity index is 657. The second-order valence-electron chi connectivity index (χ2n) is 7.48. The monoisotopic (exact) mass is 364 g/mol. The predicted molar refractivity (Wildman–Crippen MR) is 112 cm³/mol. The van der Waals surface area contributed by atoms with E-state index in [0.29, 0.717) is 11.8 Å². The van der Waals surface area contributed by atoms with Crippen LogP contribution >= 0.6 is 0 Å². The molecule has 0 N–H and O–H groups in total. The van der Waals surface area contributed by atoms with Crippen LogP contribution in [-0.2, 0) is 4.79 Å². The van der Waals surface area contributed by atoms with E-state index in [2.05, 4.69) is 79.4 Å². The molecule has 1 atom stereocenters. The second-order valence-corrected chi connectivity index (χ2v) is 7.48. The standard InChI is InChI=1S/C24H32N2O/c1-3-26(4-2)24(27)22-16-11-17-25(18-22)19-23(20-12-7-5-8-13-20)21-14-9-6-10-15-21/h5-10,12-15,22-23H,3-4,11,16-19H2,1-2H3. The molecule has 144 valence electrons. The van der Waals surface area contributed by atoms with Gasteiger partial charge in [0.25, 0.3) is 0 Å². The normalized spacial score (nSPS) is 17.8. The SMILES string of the molecule is CCN(CC)C(=O)C1CCCN(CC(c2ccccc2)c2ccccc2)C1. The summed E-state index contributed by atoms with van der Waals surface area (Å²) in [6, 6.07) is 21.5. The van der Waals surface area contributed by atoms with E-state index in [1.54, 1.807) is 0 Å². The highest BCUT2D eigenvalue weighted by molar-refractivity contribution is 5.79. The van der Waals surface area contributed by atoms with Gasteiger partial charge in [0.1, 0.15) is 0 Å². The summed E-state index contributed by atoms with van der Waals surface area (Å²) in [5.41, 5.74) is 2.70. The second kappa shape index (κ2) is 9.70. The van der Waals surface area contributed by atoms with Gasteiger partial charge in [-0.05, 0) is 44.4 Å². The first-order valence-corrected chi connectivity index (χ1v) is 10.3. The van der Waals surface area contributed by atoms with E-state index in [0.717, 1.165) is 45.6 Å². The number of nitrogens with zero attached hydrogens (tertiary/aromatic N) is 2. The first-order valence-electron chi connectivity index (χ1n) is 10.3. The zero-order valence-electron chi connectivity index (χ0n) is 16.7. The third kappa shape index (κ3) is 4.98. The molecule has 27 heavy (non-hydrogen) atoms. The van der Waals surface area contributed by atoms with Gasteiger partial charge in [0, 0.05) is 32.1 Å². The number of hydrogen-bond donors (Lipinski definition) is 0. The van der Waals surface area contributed by atoms with Crippen molar-refractivity contribution in [2.45, 2.75) is 32.6 Å². The zero-order valence-corrected chi connectivity index (χ0v) is 16.7. The van der Waals surface area contributed by atoms with Crippen LogP contribution in [-0.4, -0.2) is 48.4 Å². The minimum absolute atomic E-state index is 0.144. The van der Waals surface area contributed by atoms with Gasteiger partial charge in [0.15, 0.2) is 0 Å². The highest BCUT2D eigenvalue weighted by Gasteiger charge is 2.29. The summed E-state index contributed by atoms with van der Waals surface area (Å²) in [5.74, 6) is 0.821. The lowest BCUT2D eigenvalue weighted by Gasteiger charge is -2.36. The van der Waals surface area contributed by atoms with Crippen molar-refractivity contribution in [3.8, 4) is 0 Å². The van der Waals surface area contributed by atoms with Crippen molar-refractivity contribution in [3.05, 3.63) is 71.8 Å². The molecule has 3 rings (SSSR count). The Balaban J connectivity index is 1.75. The predicted octanol–water partition coefficient (Wildman–Crippen LogP) is 4.40. The summed E-state index contributed by atoms with van der Waals surface area (Å²) in [5, 5.41) is 0. The van der Waals surface area contributed by atoms with Gasteiger partial charge in [-0.1, -0.05) is 60.7 Å². The molecule has 0 saturated carbocycles. The number of carbonyl (C=O) groups excluding carboxylic acids is 1. The number of carbonyl (C=O) groups is 1. The summed E-state index contributed by atoms with van der Waals surface area (Å²) < 4.78 is 0. The molecule has 2 aromatic rings. The van der Waals surface area contributed by atoms with E-state index in [1.165, 1.54) is 11.1 Å². The average Bonchev–Trinajstić information content (AvgIpc) is 2.74. The molecule has 0 radical (unpaired) electrons. The number of piperidine rings is 1. The third-order valence-electron chi connectivity index (χ3n) is 5.77. The van der Waals surface area contributed by atoms with E-state index in [9.17, 15) is 4.79 Å². The van der Waals surface area contributed by atoms with Crippen molar-refractivity contribution < 1.29 is 4.79 Å². The molecule has 0 bridgehead atoms. The van der Waals surface area contributed by atoms with Crippen LogP contribution in [0.15, 0.2) is 60.7 Å². The number of benzene rings is 2. The Morgan fingerprint density at radius 1 is 1.00 bits per heavy atom. The fraction of sp³-hybridized carbons (Fsp3) is 0.458. The fourth-order valence-electron chi connectivity index (χ4n) is 4.25. The lowest BCUT2D eigenvalue weighted by atomic mass is 9.89. The van der Waals surface area contributed by atoms with Gasteiger partial charge in [0.2, 0.25) is 5.91 Å². The molecule has 1 aliphatic rings. The Morgan fingerprint density at radius 2 is 1.56 bits per heavy atom. The molecule has 1 saturated heterocycles. The van der Waals surface area contributed by atoms with Crippen LogP contribution < -0.4 is 0 Å². The molecule has 1 heterocycles. The maximum absolute atomic E-state index is 12.8. The molecule has 2 aromatic carbocycles. The number of hydrogen-bond acceptors (Lipinski definition) is 2. The summed E-state index contributed by atoms with van der Waals surface area (Å²) in [4.78, 5) is 17.3. The van der Waals surface area contributed by atoms with Crippen LogP contribution in [0.1, 0.15) is 43.7 Å². The maximum atomic E-state index is 12.8. The lowest BCUT2D eigenvalue weighted by Crippen LogP contribution is -2.45. The molecule has 0 aromatic heterocycles. The number of rotatable bonds is 7. The minimum Gasteiger partial charge on any atom is -0.343 e. The third-order valence-corrected chi connectivity index (χ3v) is 5.77. The molecule has 0 aliphatic carbocycles. The van der Waals surface area contributed by atoms with Crippen molar-refractivity contribution in [3.63, 3.8) is 0 Å². The van der Waals surface area contributed by atoms with E-state index in [-0.39, 0.29) is 5.92 Å². The molecule has 3 heteroatoms. The Labute approximate surface area is 164 Å². The van der Waals surface area contributed by atoms with Crippen LogP contribution in [0.4, 0.5) is 0 Å². The summed E-state index contributed by atoms with van der Waals surface area (Å²) in [7, 11) is 0. The van der Waals surface area contributed by atoms with Crippen molar-refractivity contribution in [2.75, 3.05) is 32.7 Å². The highest BCUT2D eigenvalue weighted by Crippen LogP contribution is 2.28. The van der Waals surface area contributed by atoms with E-state index in [4.69, 9.17) is 0 Å². The van der Waals surface area contributed by atoms with Gasteiger partial charge in [-0.25, -0.2) is 0 Å². The maximum Gasteiger partial charge on any atom is 0.226 e. The quantitative estimate of drug-likeness (QED) is 0.727. The molecule has 3 nitrogen and oxygen atoms in total. The van der Waals surface area contributed by atoms with Crippen LogP contribution in [0.3, 0.4) is 0 Å². The molecule has 1 aliphatic heterocycles. The minimum atomic E-state index is 0.144. The van der Waals surface area contributed by atoms with Gasteiger partial charge < -0.3 is 9.80 Å². The van der Waals surface area contributed by atoms with Crippen LogP contribution in [0.25, 0.3) is 0 Å². The van der Waals surface area contributed by atoms with Crippen molar-refractivity contribution >= 4 is 5.91 Å². The lowest BCUT2D eigenvalue weighted by molar-refractivity contribution is -0.137. The highest BCUT2D eigenvalue weighted by atomic mass is 16.2. The Kier molecular flexibility index (Phi) is 7.05. The first-order chi connectivity index (χ1) is 13.2. The van der Waals surface area contributed by atoms with E-state index in [1.807, 2.05) is 4.90 Å². The smallest absolute Gasteiger partial charge is 0.226 e. The number of amides is 1. The summed E-state index contributed by atoms with van der Waals surface area (Å²) in [6.07, 6.45) is 2.13. The first kappa shape index (κ1) is 19.6. The number of likely N-dealkylation sites (tertiary alicyclic amines) is 1. The fourth-order valence-corrected chi connectivity index (χ4v) is 4.25. The van der Waals surface area contributed by atoms with Crippen LogP contribution in [0.5, 0.6) is 0 Å². The van der Waals surface area contributed by atoms with Gasteiger partial charge in [-0.15, -0.1) is 0 Å². The van der Waals surface area contributed by atoms with Gasteiger partial charge in [0.05, 0.1) is 5.92 Å². The molecule has 1 unspecified atom stereocenters. The summed E-state index contributed by atoms with van der Waals surface area (Å²) >= 11 is 0. The van der Waals surface area contributed by atoms with Crippen LogP contribution in [0.2, 0.25) is 0 Å². The van der Waals surface area contributed by atoms with Gasteiger partial charge in [-0.3, -0.25) is 4.79 Å². The van der Waals surface area contributed by atoms with E-state index < -0.39 is 0 Å². The Morgan fingerprint density at radius 3 is 2.07 bits per heavy atom.